The number of benzene rings is 2. The Hall–Kier alpha value is -4.18. The number of esters is 1. The molecule has 2 heterocycles. The van der Waals surface area contributed by atoms with Gasteiger partial charge in [-0.15, -0.1) is 0 Å². The Labute approximate surface area is 211 Å². The van der Waals surface area contributed by atoms with Crippen LogP contribution < -0.4 is 14.4 Å². The topological polar surface area (TPSA) is 115 Å². The number of aliphatic hydroxyl groups is 1. The fourth-order valence-electron chi connectivity index (χ4n) is 3.95. The summed E-state index contributed by atoms with van der Waals surface area (Å²) in [6.07, 6.45) is 0. The van der Waals surface area contributed by atoms with Gasteiger partial charge in [0.1, 0.15) is 22.1 Å². The summed E-state index contributed by atoms with van der Waals surface area (Å²) in [6, 6.07) is 12.4. The van der Waals surface area contributed by atoms with E-state index < -0.39 is 23.7 Å². The SMILES string of the molecule is CCOC(=O)c1sc(N2C(=O)C(=O)C(=C(O)c3cccc(OC)c3)C2c2cccc(OC)c2)nc1C. The average molecular weight is 509 g/mol. The maximum atomic E-state index is 13.4. The number of hydrogen-bond donors (Lipinski definition) is 1. The number of thiazole rings is 1. The zero-order valence-corrected chi connectivity index (χ0v) is 20.9. The molecule has 10 heteroatoms. The van der Waals surface area contributed by atoms with Gasteiger partial charge >= 0.3 is 11.9 Å². The molecule has 1 saturated heterocycles. The van der Waals surface area contributed by atoms with Crippen LogP contribution in [0.25, 0.3) is 5.76 Å². The Morgan fingerprint density at radius 3 is 2.42 bits per heavy atom. The van der Waals surface area contributed by atoms with E-state index in [1.165, 1.54) is 19.1 Å². The fraction of sp³-hybridized carbons (Fsp3) is 0.231. The molecule has 4 rings (SSSR count). The lowest BCUT2D eigenvalue weighted by atomic mass is 9.95. The van der Waals surface area contributed by atoms with Crippen LogP contribution in [0.15, 0.2) is 54.1 Å². The van der Waals surface area contributed by atoms with Crippen molar-refractivity contribution in [1.29, 1.82) is 0 Å². The lowest BCUT2D eigenvalue weighted by molar-refractivity contribution is -0.132. The van der Waals surface area contributed by atoms with E-state index in [0.29, 0.717) is 28.3 Å². The predicted octanol–water partition coefficient (Wildman–Crippen LogP) is 4.27. The molecule has 0 radical (unpaired) electrons. The van der Waals surface area contributed by atoms with Crippen LogP contribution in [0.2, 0.25) is 0 Å². The Morgan fingerprint density at radius 1 is 1.08 bits per heavy atom. The summed E-state index contributed by atoms with van der Waals surface area (Å²) in [5.41, 5.74) is 1.07. The van der Waals surface area contributed by atoms with Crippen molar-refractivity contribution >= 4 is 39.9 Å². The van der Waals surface area contributed by atoms with Crippen molar-refractivity contribution < 1.29 is 33.7 Å². The molecule has 36 heavy (non-hydrogen) atoms. The summed E-state index contributed by atoms with van der Waals surface area (Å²) in [4.78, 5) is 44.9. The first-order valence-electron chi connectivity index (χ1n) is 11.0. The second kappa shape index (κ2) is 10.2. The van der Waals surface area contributed by atoms with Crippen LogP contribution in [0.4, 0.5) is 5.13 Å². The van der Waals surface area contributed by atoms with Gasteiger partial charge in [0.25, 0.3) is 5.78 Å². The number of carbonyl (C=O) groups excluding carboxylic acids is 3. The van der Waals surface area contributed by atoms with Crippen molar-refractivity contribution in [2.45, 2.75) is 19.9 Å². The van der Waals surface area contributed by atoms with E-state index in [1.807, 2.05) is 0 Å². The van der Waals surface area contributed by atoms with Gasteiger partial charge in [-0.1, -0.05) is 35.6 Å². The summed E-state index contributed by atoms with van der Waals surface area (Å²) in [7, 11) is 2.99. The molecule has 0 aliphatic carbocycles. The smallest absolute Gasteiger partial charge is 0.350 e. The van der Waals surface area contributed by atoms with Gasteiger partial charge in [-0.2, -0.15) is 0 Å². The molecule has 1 fully saturated rings. The predicted molar refractivity (Wildman–Crippen MR) is 134 cm³/mol. The normalized spacial score (nSPS) is 16.8. The fourth-order valence-corrected chi connectivity index (χ4v) is 4.94. The van der Waals surface area contributed by atoms with Crippen LogP contribution in [0.5, 0.6) is 11.5 Å². The van der Waals surface area contributed by atoms with E-state index in [-0.39, 0.29) is 27.9 Å². The van der Waals surface area contributed by atoms with Gasteiger partial charge in [0.05, 0.1) is 38.1 Å². The standard InChI is InChI=1S/C26H24N2O7S/c1-5-35-25(32)23-14(2)27-26(36-23)28-20(15-8-6-10-17(12-15)33-3)19(22(30)24(28)31)21(29)16-9-7-11-18(13-16)34-4/h6-13,20,29H,5H2,1-4H3. The summed E-state index contributed by atoms with van der Waals surface area (Å²) >= 11 is 0.946. The quantitative estimate of drug-likeness (QED) is 0.218. The number of anilines is 1. The minimum absolute atomic E-state index is 0.118. The van der Waals surface area contributed by atoms with Crippen LogP contribution >= 0.6 is 11.3 Å². The minimum atomic E-state index is -1.02. The number of ketones is 1. The molecular formula is C26H24N2O7S. The highest BCUT2D eigenvalue weighted by atomic mass is 32.1. The van der Waals surface area contributed by atoms with Crippen molar-refractivity contribution in [2.24, 2.45) is 0 Å². The van der Waals surface area contributed by atoms with Gasteiger partial charge in [0.15, 0.2) is 5.13 Å². The zero-order valence-electron chi connectivity index (χ0n) is 20.1. The van der Waals surface area contributed by atoms with Crippen LogP contribution in [0.1, 0.15) is 39.5 Å². The molecule has 1 aliphatic heterocycles. The molecule has 3 aromatic rings. The first-order valence-corrected chi connectivity index (χ1v) is 11.9. The van der Waals surface area contributed by atoms with Crippen molar-refractivity contribution in [3.63, 3.8) is 0 Å². The van der Waals surface area contributed by atoms with Crippen LogP contribution in [0, 0.1) is 6.92 Å². The van der Waals surface area contributed by atoms with Gasteiger partial charge < -0.3 is 19.3 Å². The van der Waals surface area contributed by atoms with E-state index in [4.69, 9.17) is 14.2 Å². The molecule has 1 unspecified atom stereocenters. The van der Waals surface area contributed by atoms with Gasteiger partial charge in [-0.25, -0.2) is 9.78 Å². The summed E-state index contributed by atoms with van der Waals surface area (Å²) in [5, 5.41) is 11.4. The number of methoxy groups -OCH3 is 2. The van der Waals surface area contributed by atoms with E-state index in [1.54, 1.807) is 62.4 Å². The molecule has 9 nitrogen and oxygen atoms in total. The highest BCUT2D eigenvalue weighted by Crippen LogP contribution is 2.44. The maximum Gasteiger partial charge on any atom is 0.350 e. The highest BCUT2D eigenvalue weighted by Gasteiger charge is 2.48. The Morgan fingerprint density at radius 2 is 1.75 bits per heavy atom. The van der Waals surface area contributed by atoms with E-state index in [2.05, 4.69) is 4.98 Å². The largest absolute Gasteiger partial charge is 0.507 e. The number of rotatable bonds is 7. The van der Waals surface area contributed by atoms with Crippen molar-refractivity contribution in [3.8, 4) is 11.5 Å². The molecule has 1 aliphatic rings. The number of carbonyl (C=O) groups is 3. The van der Waals surface area contributed by atoms with Crippen molar-refractivity contribution in [2.75, 3.05) is 25.7 Å². The second-order valence-electron chi connectivity index (χ2n) is 7.81. The second-order valence-corrected chi connectivity index (χ2v) is 8.79. The number of ether oxygens (including phenoxy) is 3. The number of aromatic nitrogens is 1. The van der Waals surface area contributed by atoms with Gasteiger partial charge in [0, 0.05) is 5.56 Å². The molecule has 0 bridgehead atoms. The number of aliphatic hydroxyl groups excluding tert-OH is 1. The van der Waals surface area contributed by atoms with Crippen molar-refractivity contribution in [1.82, 2.24) is 4.98 Å². The molecule has 1 N–H and O–H groups in total. The third-order valence-electron chi connectivity index (χ3n) is 5.65. The Kier molecular flexibility index (Phi) is 7.07. The number of hydrogen-bond acceptors (Lipinski definition) is 9. The van der Waals surface area contributed by atoms with E-state index in [9.17, 15) is 19.5 Å². The van der Waals surface area contributed by atoms with Gasteiger partial charge in [0.2, 0.25) is 0 Å². The lowest BCUT2D eigenvalue weighted by Gasteiger charge is -2.23. The third kappa shape index (κ3) is 4.42. The molecule has 0 saturated carbocycles. The molecule has 186 valence electrons. The lowest BCUT2D eigenvalue weighted by Crippen LogP contribution is -2.29. The Bertz CT molecular complexity index is 1380. The number of amides is 1. The van der Waals surface area contributed by atoms with Crippen LogP contribution in [-0.2, 0) is 14.3 Å². The highest BCUT2D eigenvalue weighted by molar-refractivity contribution is 7.17. The molecule has 1 aromatic heterocycles. The van der Waals surface area contributed by atoms with E-state index in [0.717, 1.165) is 11.3 Å². The number of Topliss-reactive ketones (excluding diaryl/α,β-unsaturated/α-hetero) is 1. The molecule has 2 aromatic carbocycles. The minimum Gasteiger partial charge on any atom is -0.507 e. The maximum absolute atomic E-state index is 13.4. The molecule has 0 spiro atoms. The van der Waals surface area contributed by atoms with Crippen molar-refractivity contribution in [3.05, 3.63) is 75.8 Å². The van der Waals surface area contributed by atoms with Crippen LogP contribution in [0.3, 0.4) is 0 Å². The monoisotopic (exact) mass is 508 g/mol. The van der Waals surface area contributed by atoms with E-state index >= 15 is 0 Å². The summed E-state index contributed by atoms with van der Waals surface area (Å²) in [6.45, 7) is 3.50. The van der Waals surface area contributed by atoms with Gasteiger partial charge in [-0.05, 0) is 43.7 Å². The summed E-state index contributed by atoms with van der Waals surface area (Å²) < 4.78 is 15.7. The Balaban J connectivity index is 1.93. The zero-order chi connectivity index (χ0) is 26.0. The number of aryl methyl sites for hydroxylation is 1. The van der Waals surface area contributed by atoms with Gasteiger partial charge in [-0.3, -0.25) is 14.5 Å². The third-order valence-corrected chi connectivity index (χ3v) is 6.79. The number of nitrogens with zero attached hydrogens (tertiary/aromatic N) is 2. The molecular weight excluding hydrogens is 484 g/mol. The first-order chi connectivity index (χ1) is 17.3. The molecule has 1 atom stereocenters. The first kappa shape index (κ1) is 24.9. The molecule has 1 amide bonds. The summed E-state index contributed by atoms with van der Waals surface area (Å²) in [5.74, 6) is -1.71. The average Bonchev–Trinajstić information content (AvgIpc) is 3.40. The van der Waals surface area contributed by atoms with Crippen LogP contribution in [-0.4, -0.2) is 48.6 Å².